The second kappa shape index (κ2) is 33.4. The Morgan fingerprint density at radius 1 is 0.429 bits per heavy atom. The van der Waals surface area contributed by atoms with Gasteiger partial charge in [0.2, 0.25) is 5.91 Å². The maximum Gasteiger partial charge on any atom is 0.469 e. The van der Waals surface area contributed by atoms with E-state index in [1.54, 1.807) is 5.48 Å². The van der Waals surface area contributed by atoms with Crippen molar-refractivity contribution in [3.63, 3.8) is 0 Å². The summed E-state index contributed by atoms with van der Waals surface area (Å²) in [5.74, 6) is -0.265. The number of phosphoric ester groups is 1. The van der Waals surface area contributed by atoms with Crippen molar-refractivity contribution in [2.75, 3.05) is 6.61 Å². The molecule has 0 unspecified atom stereocenters. The lowest BCUT2D eigenvalue weighted by atomic mass is 10.0. The third-order valence-electron chi connectivity index (χ3n) is 8.43. The van der Waals surface area contributed by atoms with Crippen LogP contribution in [0.2, 0.25) is 0 Å². The van der Waals surface area contributed by atoms with Gasteiger partial charge >= 0.3 is 7.82 Å². The Morgan fingerprint density at radius 2 is 0.643 bits per heavy atom. The summed E-state index contributed by atoms with van der Waals surface area (Å²) in [5.41, 5.74) is 1.69. The zero-order valence-electron chi connectivity index (χ0n) is 27.3. The standard InChI is InChI=1S/C34H70NO6P/c36-34(35-37)32-30-28-26-24-22-20-18-16-14-12-10-8-6-4-2-1-3-5-7-9-11-13-15-17-19-21-23-25-27-29-31-33-41-42(38,39)40/h37H,1-33H2,(H,35,36)(H2,38,39,40). The SMILES string of the molecule is O=C(CCCCCCCCCCCCCCCCCCCCCCCCCCCCCCCCCOP(=O)(O)O)NO. The van der Waals surface area contributed by atoms with Crippen LogP contribution >= 0.6 is 7.82 Å². The van der Waals surface area contributed by atoms with Crippen molar-refractivity contribution in [1.29, 1.82) is 0 Å². The molecule has 0 saturated carbocycles. The highest BCUT2D eigenvalue weighted by Gasteiger charge is 2.12. The number of carbonyl (C=O) groups excluding carboxylic acids is 1. The lowest BCUT2D eigenvalue weighted by molar-refractivity contribution is -0.129. The summed E-state index contributed by atoms with van der Waals surface area (Å²) in [6.07, 6.45) is 41.0. The second-order valence-corrected chi connectivity index (χ2v) is 13.8. The van der Waals surface area contributed by atoms with Gasteiger partial charge in [-0.1, -0.05) is 186 Å². The Balaban J connectivity index is 3.07. The molecule has 0 heterocycles. The number of nitrogens with one attached hydrogen (secondary N) is 1. The van der Waals surface area contributed by atoms with Gasteiger partial charge < -0.3 is 9.79 Å². The molecule has 8 heteroatoms. The average Bonchev–Trinajstić information content (AvgIpc) is 2.96. The molecule has 0 bridgehead atoms. The number of carbonyl (C=O) groups is 1. The molecule has 0 saturated heterocycles. The summed E-state index contributed by atoms with van der Waals surface area (Å²) >= 11 is 0. The zero-order chi connectivity index (χ0) is 30.8. The highest BCUT2D eigenvalue weighted by atomic mass is 31.2. The van der Waals surface area contributed by atoms with Gasteiger partial charge in [-0.2, -0.15) is 0 Å². The predicted octanol–water partition coefficient (Wildman–Crippen LogP) is 11.1. The van der Waals surface area contributed by atoms with Gasteiger partial charge in [0.05, 0.1) is 6.61 Å². The molecule has 0 aliphatic carbocycles. The van der Waals surface area contributed by atoms with E-state index in [0.29, 0.717) is 6.42 Å². The molecule has 0 aromatic heterocycles. The van der Waals surface area contributed by atoms with E-state index in [-0.39, 0.29) is 12.5 Å². The first-order chi connectivity index (χ1) is 20.5. The lowest BCUT2D eigenvalue weighted by Gasteiger charge is -2.05. The Morgan fingerprint density at radius 3 is 0.857 bits per heavy atom. The van der Waals surface area contributed by atoms with Gasteiger partial charge in [-0.25, -0.2) is 10.0 Å². The number of hydroxylamine groups is 1. The normalized spacial score (nSPS) is 11.8. The fourth-order valence-corrected chi connectivity index (χ4v) is 6.12. The molecule has 0 aliphatic heterocycles. The van der Waals surface area contributed by atoms with Gasteiger partial charge in [0.15, 0.2) is 0 Å². The predicted molar refractivity (Wildman–Crippen MR) is 176 cm³/mol. The maximum absolute atomic E-state index is 10.9. The minimum atomic E-state index is -4.28. The smallest absolute Gasteiger partial charge is 0.303 e. The molecule has 0 aromatic rings. The van der Waals surface area contributed by atoms with Crippen molar-refractivity contribution in [3.05, 3.63) is 0 Å². The second-order valence-electron chi connectivity index (χ2n) is 12.6. The van der Waals surface area contributed by atoms with Gasteiger partial charge in [0.1, 0.15) is 0 Å². The molecule has 1 amide bonds. The maximum atomic E-state index is 10.9. The molecule has 42 heavy (non-hydrogen) atoms. The summed E-state index contributed by atoms with van der Waals surface area (Å²) in [4.78, 5) is 28.2. The number of hydrogen-bond donors (Lipinski definition) is 4. The first-order valence-corrected chi connectivity index (χ1v) is 19.6. The number of amides is 1. The molecule has 0 aliphatic rings. The van der Waals surface area contributed by atoms with Crippen molar-refractivity contribution in [2.24, 2.45) is 0 Å². The number of phosphoric acid groups is 1. The molecular formula is C34H70NO6P. The van der Waals surface area contributed by atoms with E-state index in [4.69, 9.17) is 15.0 Å². The van der Waals surface area contributed by atoms with Crippen molar-refractivity contribution in [3.8, 4) is 0 Å². The minimum Gasteiger partial charge on any atom is -0.303 e. The fourth-order valence-electron chi connectivity index (χ4n) is 5.75. The van der Waals surface area contributed by atoms with E-state index in [9.17, 15) is 9.36 Å². The van der Waals surface area contributed by atoms with Crippen LogP contribution in [0.3, 0.4) is 0 Å². The number of unbranched alkanes of at least 4 members (excludes halogenated alkanes) is 30. The summed E-state index contributed by atoms with van der Waals surface area (Å²) in [6.45, 7) is 0.162. The van der Waals surface area contributed by atoms with E-state index in [0.717, 1.165) is 32.1 Å². The molecule has 0 spiro atoms. The summed E-state index contributed by atoms with van der Waals surface area (Å²) in [6, 6.07) is 0. The molecular weight excluding hydrogens is 549 g/mol. The molecule has 0 atom stereocenters. The monoisotopic (exact) mass is 619 g/mol. The van der Waals surface area contributed by atoms with Gasteiger partial charge in [-0.05, 0) is 12.8 Å². The average molecular weight is 620 g/mol. The van der Waals surface area contributed by atoms with Crippen LogP contribution < -0.4 is 5.48 Å². The van der Waals surface area contributed by atoms with Crippen LogP contribution in [0.15, 0.2) is 0 Å². The summed E-state index contributed by atoms with van der Waals surface area (Å²) in [7, 11) is -4.28. The first-order valence-electron chi connectivity index (χ1n) is 18.1. The van der Waals surface area contributed by atoms with Crippen molar-refractivity contribution >= 4 is 13.7 Å². The van der Waals surface area contributed by atoms with E-state index in [1.807, 2.05) is 0 Å². The van der Waals surface area contributed by atoms with Crippen LogP contribution in [-0.2, 0) is 13.9 Å². The number of hydrogen-bond acceptors (Lipinski definition) is 4. The Kier molecular flexibility index (Phi) is 33.1. The van der Waals surface area contributed by atoms with Gasteiger partial charge in [0, 0.05) is 6.42 Å². The molecule has 0 radical (unpaired) electrons. The number of rotatable bonds is 35. The zero-order valence-corrected chi connectivity index (χ0v) is 28.2. The van der Waals surface area contributed by atoms with Gasteiger partial charge in [0.25, 0.3) is 0 Å². The third-order valence-corrected chi connectivity index (χ3v) is 8.95. The largest absolute Gasteiger partial charge is 0.469 e. The quantitative estimate of drug-likeness (QED) is 0.0243. The first kappa shape index (κ1) is 41.5. The topological polar surface area (TPSA) is 116 Å². The van der Waals surface area contributed by atoms with E-state index >= 15 is 0 Å². The highest BCUT2D eigenvalue weighted by molar-refractivity contribution is 7.46. The Labute approximate surface area is 259 Å². The summed E-state index contributed by atoms with van der Waals surface area (Å²) < 4.78 is 15.0. The molecule has 0 fully saturated rings. The third kappa shape index (κ3) is 37.6. The van der Waals surface area contributed by atoms with Crippen LogP contribution in [-0.4, -0.2) is 27.5 Å². The van der Waals surface area contributed by atoms with Gasteiger partial charge in [-0.3, -0.25) is 14.5 Å². The minimum absolute atomic E-state index is 0.162. The molecule has 252 valence electrons. The molecule has 7 nitrogen and oxygen atoms in total. The highest BCUT2D eigenvalue weighted by Crippen LogP contribution is 2.35. The van der Waals surface area contributed by atoms with Crippen molar-refractivity contribution < 1.29 is 28.9 Å². The fraction of sp³-hybridized carbons (Fsp3) is 0.971. The molecule has 0 aromatic carbocycles. The molecule has 4 N–H and O–H groups in total. The lowest BCUT2D eigenvalue weighted by Crippen LogP contribution is -2.17. The van der Waals surface area contributed by atoms with Gasteiger partial charge in [-0.15, -0.1) is 0 Å². The van der Waals surface area contributed by atoms with E-state index in [1.165, 1.54) is 167 Å². The van der Waals surface area contributed by atoms with Crippen LogP contribution in [0, 0.1) is 0 Å². The van der Waals surface area contributed by atoms with Crippen LogP contribution in [0.4, 0.5) is 0 Å². The van der Waals surface area contributed by atoms with Crippen molar-refractivity contribution in [2.45, 2.75) is 205 Å². The van der Waals surface area contributed by atoms with Crippen LogP contribution in [0.1, 0.15) is 205 Å². The van der Waals surface area contributed by atoms with Crippen molar-refractivity contribution in [1.82, 2.24) is 5.48 Å². The Bertz CT molecular complexity index is 601. The van der Waals surface area contributed by atoms with E-state index in [2.05, 4.69) is 4.52 Å². The Hall–Kier alpha value is -0.460. The molecule has 0 rings (SSSR count). The van der Waals surface area contributed by atoms with Crippen LogP contribution in [0.25, 0.3) is 0 Å². The van der Waals surface area contributed by atoms with Crippen LogP contribution in [0.5, 0.6) is 0 Å². The summed E-state index contributed by atoms with van der Waals surface area (Å²) in [5, 5.41) is 8.45. The van der Waals surface area contributed by atoms with E-state index < -0.39 is 7.82 Å².